The Balaban J connectivity index is 1.62. The highest BCUT2D eigenvalue weighted by atomic mass is 32.1. The van der Waals surface area contributed by atoms with E-state index in [9.17, 15) is 14.4 Å². The van der Waals surface area contributed by atoms with Crippen LogP contribution < -0.4 is 5.32 Å². The minimum atomic E-state index is -0.833. The molecule has 0 saturated carbocycles. The fourth-order valence-electron chi connectivity index (χ4n) is 2.93. The highest BCUT2D eigenvalue weighted by Gasteiger charge is 2.51. The van der Waals surface area contributed by atoms with Crippen LogP contribution in [0.2, 0.25) is 0 Å². The van der Waals surface area contributed by atoms with Gasteiger partial charge in [0.1, 0.15) is 5.54 Å². The fraction of sp³-hybridized carbons (Fsp3) is 0.467. The van der Waals surface area contributed by atoms with Crippen molar-refractivity contribution in [2.75, 3.05) is 20.1 Å². The Morgan fingerprint density at radius 3 is 2.61 bits per heavy atom. The lowest BCUT2D eigenvalue weighted by molar-refractivity contribution is -0.135. The number of aromatic nitrogens is 1. The lowest BCUT2D eigenvalue weighted by Crippen LogP contribution is -2.55. The van der Waals surface area contributed by atoms with E-state index in [1.54, 1.807) is 22.6 Å². The van der Waals surface area contributed by atoms with Crippen molar-refractivity contribution in [3.8, 4) is 0 Å². The number of urea groups is 1. The molecule has 1 spiro atoms. The van der Waals surface area contributed by atoms with Crippen molar-refractivity contribution in [2.24, 2.45) is 0 Å². The number of nitrogens with zero attached hydrogens (tertiary/aromatic N) is 3. The topological polar surface area (TPSA) is 82.6 Å². The summed E-state index contributed by atoms with van der Waals surface area (Å²) in [6, 6.07) is -0.365. The Bertz CT molecular complexity index is 689. The molecule has 2 fully saturated rings. The third-order valence-corrected chi connectivity index (χ3v) is 5.35. The molecule has 2 saturated heterocycles. The molecule has 3 rings (SSSR count). The number of hydrogen-bond acceptors (Lipinski definition) is 5. The van der Waals surface area contributed by atoms with E-state index in [0.29, 0.717) is 25.9 Å². The number of carbonyl (C=O) groups excluding carboxylic acids is 3. The van der Waals surface area contributed by atoms with Crippen molar-refractivity contribution < 1.29 is 14.4 Å². The second kappa shape index (κ2) is 5.77. The molecule has 0 unspecified atom stereocenters. The van der Waals surface area contributed by atoms with Gasteiger partial charge >= 0.3 is 6.03 Å². The molecular weight excluding hydrogens is 316 g/mol. The number of hydrogen-bond donors (Lipinski definition) is 1. The van der Waals surface area contributed by atoms with Gasteiger partial charge < -0.3 is 10.2 Å². The van der Waals surface area contributed by atoms with Crippen molar-refractivity contribution >= 4 is 35.3 Å². The standard InChI is InChI=1S/C15H18N4O3S/c1-10-11(23-9-16-10)3-4-12(20)19-7-5-15(6-8-19)13(21)18(2)14(22)17-15/h3-4,9H,5-8H2,1-2H3,(H,17,22)/b4-3+. The summed E-state index contributed by atoms with van der Waals surface area (Å²) in [7, 11) is 1.48. The number of aryl methyl sites for hydroxylation is 1. The van der Waals surface area contributed by atoms with Gasteiger partial charge in [0.05, 0.1) is 11.2 Å². The SMILES string of the molecule is Cc1ncsc1/C=C/C(=O)N1CCC2(CC1)NC(=O)N(C)C2=O. The Labute approximate surface area is 138 Å². The van der Waals surface area contributed by atoms with E-state index >= 15 is 0 Å². The maximum atomic E-state index is 12.3. The molecule has 23 heavy (non-hydrogen) atoms. The summed E-state index contributed by atoms with van der Waals surface area (Å²) < 4.78 is 0. The summed E-state index contributed by atoms with van der Waals surface area (Å²) in [5.74, 6) is -0.289. The van der Waals surface area contributed by atoms with Crippen LogP contribution in [0.25, 0.3) is 6.08 Å². The number of rotatable bonds is 2. The van der Waals surface area contributed by atoms with Crippen LogP contribution in [0.4, 0.5) is 4.79 Å². The smallest absolute Gasteiger partial charge is 0.324 e. The van der Waals surface area contributed by atoms with Gasteiger partial charge in [-0.05, 0) is 25.8 Å². The molecule has 8 heteroatoms. The van der Waals surface area contributed by atoms with Crippen molar-refractivity contribution in [2.45, 2.75) is 25.3 Å². The number of nitrogens with one attached hydrogen (secondary N) is 1. The van der Waals surface area contributed by atoms with E-state index < -0.39 is 5.54 Å². The van der Waals surface area contributed by atoms with Crippen LogP contribution in [-0.2, 0) is 9.59 Å². The number of imide groups is 1. The van der Waals surface area contributed by atoms with Gasteiger partial charge in [-0.2, -0.15) is 0 Å². The average Bonchev–Trinajstić information content (AvgIpc) is 3.04. The molecule has 1 N–H and O–H groups in total. The molecule has 3 heterocycles. The first-order valence-corrected chi connectivity index (χ1v) is 8.28. The highest BCUT2D eigenvalue weighted by molar-refractivity contribution is 7.10. The second-order valence-corrected chi connectivity index (χ2v) is 6.72. The lowest BCUT2D eigenvalue weighted by atomic mass is 9.87. The quantitative estimate of drug-likeness (QED) is 0.646. The molecular formula is C15H18N4O3S. The van der Waals surface area contributed by atoms with Gasteiger partial charge in [0.25, 0.3) is 5.91 Å². The summed E-state index contributed by atoms with van der Waals surface area (Å²) in [4.78, 5) is 44.0. The van der Waals surface area contributed by atoms with E-state index in [1.165, 1.54) is 18.4 Å². The lowest BCUT2D eigenvalue weighted by Gasteiger charge is -2.36. The normalized spacial score (nSPS) is 20.6. The van der Waals surface area contributed by atoms with Crippen molar-refractivity contribution in [1.29, 1.82) is 0 Å². The van der Waals surface area contributed by atoms with E-state index in [2.05, 4.69) is 10.3 Å². The van der Waals surface area contributed by atoms with Crippen LogP contribution in [0.3, 0.4) is 0 Å². The third-order valence-electron chi connectivity index (χ3n) is 4.45. The van der Waals surface area contributed by atoms with Gasteiger partial charge in [-0.1, -0.05) is 0 Å². The molecule has 0 atom stereocenters. The predicted octanol–water partition coefficient (Wildman–Crippen LogP) is 1.01. The van der Waals surface area contributed by atoms with Crippen LogP contribution in [0.1, 0.15) is 23.4 Å². The predicted molar refractivity (Wildman–Crippen MR) is 85.7 cm³/mol. The molecule has 7 nitrogen and oxygen atoms in total. The zero-order chi connectivity index (χ0) is 16.6. The number of thiazole rings is 1. The molecule has 122 valence electrons. The molecule has 0 radical (unpaired) electrons. The summed E-state index contributed by atoms with van der Waals surface area (Å²) in [5.41, 5.74) is 1.81. The number of likely N-dealkylation sites (tertiary alicyclic amines) is 1. The van der Waals surface area contributed by atoms with E-state index in [-0.39, 0.29) is 17.8 Å². The van der Waals surface area contributed by atoms with Crippen LogP contribution in [0, 0.1) is 6.92 Å². The Morgan fingerprint density at radius 1 is 1.39 bits per heavy atom. The molecule has 0 aliphatic carbocycles. The van der Waals surface area contributed by atoms with Crippen molar-refractivity contribution in [3.05, 3.63) is 22.2 Å². The molecule has 4 amide bonds. The monoisotopic (exact) mass is 334 g/mol. The largest absolute Gasteiger partial charge is 0.339 e. The van der Waals surface area contributed by atoms with Crippen LogP contribution >= 0.6 is 11.3 Å². The maximum Gasteiger partial charge on any atom is 0.324 e. The first kappa shape index (κ1) is 15.7. The molecule has 1 aromatic heterocycles. The Kier molecular flexibility index (Phi) is 3.93. The maximum absolute atomic E-state index is 12.3. The number of amides is 4. The third kappa shape index (κ3) is 2.74. The van der Waals surface area contributed by atoms with E-state index in [4.69, 9.17) is 0 Å². The van der Waals surface area contributed by atoms with Crippen LogP contribution in [0.15, 0.2) is 11.6 Å². The van der Waals surface area contributed by atoms with Crippen molar-refractivity contribution in [1.82, 2.24) is 20.1 Å². The Morgan fingerprint density at radius 2 is 2.09 bits per heavy atom. The summed E-state index contributed by atoms with van der Waals surface area (Å²) in [6.07, 6.45) is 4.21. The molecule has 2 aliphatic heterocycles. The van der Waals surface area contributed by atoms with Gasteiger partial charge in [-0.3, -0.25) is 14.5 Å². The Hall–Kier alpha value is -2.22. The van der Waals surface area contributed by atoms with Crippen LogP contribution in [-0.4, -0.2) is 58.3 Å². The summed E-state index contributed by atoms with van der Waals surface area (Å²) in [5, 5.41) is 2.76. The molecule has 0 bridgehead atoms. The van der Waals surface area contributed by atoms with E-state index in [0.717, 1.165) is 15.5 Å². The average molecular weight is 334 g/mol. The molecule has 1 aromatic rings. The van der Waals surface area contributed by atoms with Gasteiger partial charge in [0, 0.05) is 31.1 Å². The minimum Gasteiger partial charge on any atom is -0.339 e. The minimum absolute atomic E-state index is 0.0854. The fourth-order valence-corrected chi connectivity index (χ4v) is 3.62. The first-order chi connectivity index (χ1) is 10.9. The highest BCUT2D eigenvalue weighted by Crippen LogP contribution is 2.28. The van der Waals surface area contributed by atoms with Gasteiger partial charge in [-0.15, -0.1) is 11.3 Å². The van der Waals surface area contributed by atoms with Crippen LogP contribution in [0.5, 0.6) is 0 Å². The van der Waals surface area contributed by atoms with Crippen molar-refractivity contribution in [3.63, 3.8) is 0 Å². The van der Waals surface area contributed by atoms with E-state index in [1.807, 2.05) is 6.92 Å². The molecule has 2 aliphatic rings. The number of piperidine rings is 1. The zero-order valence-corrected chi connectivity index (χ0v) is 13.9. The van der Waals surface area contributed by atoms with Gasteiger partial charge in [0.2, 0.25) is 5.91 Å². The number of carbonyl (C=O) groups is 3. The molecule has 0 aromatic carbocycles. The second-order valence-electron chi connectivity index (χ2n) is 5.84. The van der Waals surface area contributed by atoms with Gasteiger partial charge in [0.15, 0.2) is 0 Å². The van der Waals surface area contributed by atoms with Gasteiger partial charge in [-0.25, -0.2) is 9.78 Å². The summed E-state index contributed by atoms with van der Waals surface area (Å²) >= 11 is 1.49. The first-order valence-electron chi connectivity index (χ1n) is 7.40. The zero-order valence-electron chi connectivity index (χ0n) is 13.0. The number of likely N-dealkylation sites (N-methyl/N-ethyl adjacent to an activating group) is 1. The summed E-state index contributed by atoms with van der Waals surface area (Å²) in [6.45, 7) is 2.80.